The van der Waals surface area contributed by atoms with E-state index in [-0.39, 0.29) is 23.0 Å². The highest BCUT2D eigenvalue weighted by atomic mass is 127. The maximum absolute atomic E-state index is 6.81. The number of methoxy groups -OCH3 is 2. The Morgan fingerprint density at radius 1 is 1.00 bits per heavy atom. The third-order valence-corrected chi connectivity index (χ3v) is 10.5. The number of fused-ring (bicyclic) bond motifs is 2. The van der Waals surface area contributed by atoms with Crippen molar-refractivity contribution >= 4 is 45.2 Å². The highest BCUT2D eigenvalue weighted by molar-refractivity contribution is 14.1. The van der Waals surface area contributed by atoms with Crippen LogP contribution in [0.5, 0.6) is 0 Å². The SMILES string of the molecule is COC12CCCCC1(OC)OC1C(O2)C(I)C(C)(C)CC1(C)CI. The van der Waals surface area contributed by atoms with E-state index in [1.165, 1.54) is 0 Å². The molecule has 0 radical (unpaired) electrons. The molecular weight excluding hydrogens is 534 g/mol. The molecule has 3 aliphatic rings. The Kier molecular flexibility index (Phi) is 5.61. The van der Waals surface area contributed by atoms with Crippen LogP contribution in [-0.2, 0) is 18.9 Å². The molecule has 0 aromatic rings. The summed E-state index contributed by atoms with van der Waals surface area (Å²) in [5.74, 6) is -1.57. The molecule has 2 aliphatic carbocycles. The number of hydrogen-bond donors (Lipinski definition) is 0. The van der Waals surface area contributed by atoms with Gasteiger partial charge in [-0.05, 0) is 24.7 Å². The van der Waals surface area contributed by atoms with Crippen molar-refractivity contribution in [2.24, 2.45) is 10.8 Å². The predicted molar refractivity (Wildman–Crippen MR) is 111 cm³/mol. The van der Waals surface area contributed by atoms with Crippen LogP contribution in [0, 0.1) is 10.8 Å². The zero-order valence-electron chi connectivity index (χ0n) is 15.4. The monoisotopic (exact) mass is 564 g/mol. The van der Waals surface area contributed by atoms with E-state index < -0.39 is 11.6 Å². The average molecular weight is 564 g/mol. The van der Waals surface area contributed by atoms with Gasteiger partial charge >= 0.3 is 0 Å². The predicted octanol–water partition coefficient (Wildman–Crippen LogP) is 4.70. The van der Waals surface area contributed by atoms with Crippen molar-refractivity contribution in [2.45, 2.75) is 80.6 Å². The van der Waals surface area contributed by atoms with Gasteiger partial charge in [0.2, 0.25) is 11.6 Å². The lowest BCUT2D eigenvalue weighted by Crippen LogP contribution is -2.74. The van der Waals surface area contributed by atoms with Gasteiger partial charge in [0.1, 0.15) is 6.10 Å². The molecule has 6 atom stereocenters. The first kappa shape index (κ1) is 20.0. The molecule has 140 valence electrons. The molecule has 4 nitrogen and oxygen atoms in total. The van der Waals surface area contributed by atoms with E-state index in [2.05, 4.69) is 66.0 Å². The van der Waals surface area contributed by atoms with Gasteiger partial charge < -0.3 is 18.9 Å². The zero-order valence-corrected chi connectivity index (χ0v) is 19.7. The number of rotatable bonds is 3. The molecule has 1 saturated heterocycles. The summed E-state index contributed by atoms with van der Waals surface area (Å²) in [7, 11) is 3.47. The Bertz CT molecular complexity index is 488. The maximum Gasteiger partial charge on any atom is 0.223 e. The Labute approximate surface area is 173 Å². The van der Waals surface area contributed by atoms with E-state index in [0.29, 0.717) is 3.92 Å². The molecule has 0 amide bonds. The topological polar surface area (TPSA) is 36.9 Å². The van der Waals surface area contributed by atoms with Crippen LogP contribution >= 0.6 is 45.2 Å². The summed E-state index contributed by atoms with van der Waals surface area (Å²) < 4.78 is 27.0. The number of halogens is 2. The first-order valence-electron chi connectivity index (χ1n) is 8.85. The minimum atomic E-state index is -0.788. The second-order valence-electron chi connectivity index (χ2n) is 8.60. The summed E-state index contributed by atoms with van der Waals surface area (Å²) in [6.07, 6.45) is 5.00. The molecule has 0 bridgehead atoms. The minimum Gasteiger partial charge on any atom is -0.349 e. The summed E-state index contributed by atoms with van der Waals surface area (Å²) in [5.41, 5.74) is 0.265. The van der Waals surface area contributed by atoms with Crippen molar-refractivity contribution in [3.63, 3.8) is 0 Å². The van der Waals surface area contributed by atoms with E-state index >= 15 is 0 Å². The van der Waals surface area contributed by atoms with Crippen LogP contribution < -0.4 is 0 Å². The minimum absolute atomic E-state index is 0.0236. The fraction of sp³-hybridized carbons (Fsp3) is 1.00. The summed E-state index contributed by atoms with van der Waals surface area (Å²) in [4.78, 5) is 0. The molecule has 3 fully saturated rings. The highest BCUT2D eigenvalue weighted by Gasteiger charge is 2.68. The van der Waals surface area contributed by atoms with Crippen molar-refractivity contribution in [3.05, 3.63) is 0 Å². The van der Waals surface area contributed by atoms with Gasteiger partial charge in [0, 0.05) is 40.8 Å². The molecule has 6 heteroatoms. The Balaban J connectivity index is 2.05. The fourth-order valence-corrected chi connectivity index (χ4v) is 6.57. The molecule has 0 aromatic carbocycles. The lowest BCUT2D eigenvalue weighted by molar-refractivity contribution is -0.481. The molecule has 24 heavy (non-hydrogen) atoms. The molecule has 0 aromatic heterocycles. The lowest BCUT2D eigenvalue weighted by Gasteiger charge is -2.64. The van der Waals surface area contributed by atoms with Crippen LogP contribution in [-0.4, -0.2) is 46.4 Å². The summed E-state index contributed by atoms with van der Waals surface area (Å²) in [6, 6.07) is 0. The molecule has 6 unspecified atom stereocenters. The van der Waals surface area contributed by atoms with Crippen LogP contribution in [0.15, 0.2) is 0 Å². The third-order valence-electron chi connectivity index (χ3n) is 6.33. The molecule has 0 spiro atoms. The van der Waals surface area contributed by atoms with Gasteiger partial charge in [0.15, 0.2) is 0 Å². The Morgan fingerprint density at radius 2 is 1.54 bits per heavy atom. The van der Waals surface area contributed by atoms with Crippen molar-refractivity contribution in [1.82, 2.24) is 0 Å². The second kappa shape index (κ2) is 6.72. The standard InChI is InChI=1S/C18H30I2O4/c1-15(2)10-16(3,11-19)14-12(13(15)20)23-17(21-4)8-6-7-9-18(17,22-5)24-14/h12-14H,6-11H2,1-5H3. The number of ether oxygens (including phenoxy) is 4. The van der Waals surface area contributed by atoms with E-state index in [4.69, 9.17) is 18.9 Å². The average Bonchev–Trinajstić information content (AvgIpc) is 2.58. The number of hydrogen-bond acceptors (Lipinski definition) is 4. The van der Waals surface area contributed by atoms with Gasteiger partial charge in [-0.25, -0.2) is 0 Å². The van der Waals surface area contributed by atoms with Gasteiger partial charge in [-0.2, -0.15) is 0 Å². The van der Waals surface area contributed by atoms with E-state index in [0.717, 1.165) is 36.5 Å². The molecule has 1 heterocycles. The van der Waals surface area contributed by atoms with Gasteiger partial charge in [-0.15, -0.1) is 0 Å². The maximum atomic E-state index is 6.81. The molecule has 1 aliphatic heterocycles. The fourth-order valence-electron chi connectivity index (χ4n) is 5.12. The summed E-state index contributed by atoms with van der Waals surface area (Å²) in [6.45, 7) is 7.05. The first-order chi connectivity index (χ1) is 11.2. The van der Waals surface area contributed by atoms with Crippen LogP contribution in [0.3, 0.4) is 0 Å². The van der Waals surface area contributed by atoms with Crippen LogP contribution in [0.2, 0.25) is 0 Å². The quantitative estimate of drug-likeness (QED) is 0.368. The van der Waals surface area contributed by atoms with Crippen molar-refractivity contribution in [2.75, 3.05) is 18.6 Å². The van der Waals surface area contributed by atoms with Crippen molar-refractivity contribution in [1.29, 1.82) is 0 Å². The Morgan fingerprint density at radius 3 is 2.04 bits per heavy atom. The largest absolute Gasteiger partial charge is 0.349 e. The van der Waals surface area contributed by atoms with E-state index in [9.17, 15) is 0 Å². The van der Waals surface area contributed by atoms with Crippen LogP contribution in [0.1, 0.15) is 52.9 Å². The normalized spacial score (nSPS) is 50.9. The third kappa shape index (κ3) is 2.80. The molecular formula is C18H30I2O4. The van der Waals surface area contributed by atoms with Crippen molar-refractivity contribution in [3.8, 4) is 0 Å². The zero-order chi connectivity index (χ0) is 17.8. The lowest BCUT2D eigenvalue weighted by atomic mass is 9.61. The highest BCUT2D eigenvalue weighted by Crippen LogP contribution is 2.59. The van der Waals surface area contributed by atoms with Crippen LogP contribution in [0.25, 0.3) is 0 Å². The van der Waals surface area contributed by atoms with E-state index in [1.807, 2.05) is 0 Å². The van der Waals surface area contributed by atoms with Gasteiger partial charge in [-0.1, -0.05) is 66.0 Å². The van der Waals surface area contributed by atoms with Gasteiger partial charge in [0.05, 0.1) is 6.10 Å². The molecule has 0 N–H and O–H groups in total. The smallest absolute Gasteiger partial charge is 0.223 e. The number of alkyl halides is 2. The first-order valence-corrected chi connectivity index (χ1v) is 11.6. The summed E-state index contributed by atoms with van der Waals surface area (Å²) >= 11 is 5.07. The summed E-state index contributed by atoms with van der Waals surface area (Å²) in [5, 5.41) is 0. The molecule has 3 rings (SSSR count). The van der Waals surface area contributed by atoms with Crippen LogP contribution in [0.4, 0.5) is 0 Å². The van der Waals surface area contributed by atoms with Crippen molar-refractivity contribution < 1.29 is 18.9 Å². The molecule has 2 saturated carbocycles. The van der Waals surface area contributed by atoms with E-state index in [1.54, 1.807) is 14.2 Å². The Hall–Kier alpha value is 1.30. The van der Waals surface area contributed by atoms with Gasteiger partial charge in [-0.3, -0.25) is 0 Å². The van der Waals surface area contributed by atoms with Gasteiger partial charge in [0.25, 0.3) is 0 Å². The second-order valence-corrected chi connectivity index (χ2v) is 10.7.